The molecular formula is C15H18N2O3. The summed E-state index contributed by atoms with van der Waals surface area (Å²) in [7, 11) is 0. The lowest BCUT2D eigenvalue weighted by molar-refractivity contribution is 0.0892. The molecule has 20 heavy (non-hydrogen) atoms. The number of aromatic nitrogens is 2. The number of benzene rings is 1. The average molecular weight is 274 g/mol. The molecule has 0 aliphatic rings. The van der Waals surface area contributed by atoms with Gasteiger partial charge in [-0.25, -0.2) is 0 Å². The van der Waals surface area contributed by atoms with Crippen LogP contribution in [0.2, 0.25) is 0 Å². The molecular weight excluding hydrogens is 256 g/mol. The van der Waals surface area contributed by atoms with Gasteiger partial charge in [0.15, 0.2) is 5.78 Å². The van der Waals surface area contributed by atoms with Gasteiger partial charge in [-0.1, -0.05) is 6.92 Å². The Morgan fingerprint density at radius 2 is 2.15 bits per heavy atom. The Balaban J connectivity index is 1.83. The first-order valence-electron chi connectivity index (χ1n) is 6.60. The molecule has 1 heterocycles. The fourth-order valence-electron chi connectivity index (χ4n) is 1.81. The van der Waals surface area contributed by atoms with Gasteiger partial charge in [-0.15, -0.1) is 0 Å². The average Bonchev–Trinajstić information content (AvgIpc) is 2.97. The normalized spacial score (nSPS) is 12.1. The smallest absolute Gasteiger partial charge is 0.162 e. The summed E-state index contributed by atoms with van der Waals surface area (Å²) in [5, 5.41) is 13.8. The summed E-state index contributed by atoms with van der Waals surface area (Å²) in [6.45, 7) is 2.40. The van der Waals surface area contributed by atoms with Gasteiger partial charge in [0.2, 0.25) is 0 Å². The molecule has 0 fully saturated rings. The van der Waals surface area contributed by atoms with Crippen molar-refractivity contribution in [1.29, 1.82) is 0 Å². The van der Waals surface area contributed by atoms with Crippen LogP contribution in [0.4, 0.5) is 0 Å². The third-order valence-corrected chi connectivity index (χ3v) is 2.90. The molecule has 106 valence electrons. The van der Waals surface area contributed by atoms with Crippen molar-refractivity contribution in [1.82, 2.24) is 9.78 Å². The van der Waals surface area contributed by atoms with E-state index in [4.69, 9.17) is 4.74 Å². The first-order chi connectivity index (χ1) is 9.69. The Hall–Kier alpha value is -2.14. The summed E-state index contributed by atoms with van der Waals surface area (Å²) < 4.78 is 7.13. The van der Waals surface area contributed by atoms with Crippen LogP contribution < -0.4 is 4.74 Å². The number of rotatable bonds is 7. The summed E-state index contributed by atoms with van der Waals surface area (Å²) >= 11 is 0. The highest BCUT2D eigenvalue weighted by Crippen LogP contribution is 2.13. The fraction of sp³-hybridized carbons (Fsp3) is 0.333. The first kappa shape index (κ1) is 14.3. The number of aliphatic hydroxyl groups excluding tert-OH is 1. The Bertz CT molecular complexity index is 535. The third-order valence-electron chi connectivity index (χ3n) is 2.90. The second kappa shape index (κ2) is 6.86. The van der Waals surface area contributed by atoms with Gasteiger partial charge in [0.25, 0.3) is 0 Å². The van der Waals surface area contributed by atoms with Crippen molar-refractivity contribution in [2.75, 3.05) is 6.61 Å². The Labute approximate surface area is 117 Å². The number of ketones is 1. The number of Topliss-reactive ketones (excluding diaryl/α,β-unsaturated/α-hetero) is 1. The van der Waals surface area contributed by atoms with Gasteiger partial charge in [-0.2, -0.15) is 5.10 Å². The Kier molecular flexibility index (Phi) is 4.90. The second-order valence-corrected chi connectivity index (χ2v) is 4.49. The van der Waals surface area contributed by atoms with Crippen LogP contribution >= 0.6 is 0 Å². The molecule has 0 saturated carbocycles. The highest BCUT2D eigenvalue weighted by atomic mass is 16.5. The standard InChI is InChI=1S/C15H18N2O3/c1-2-15(19)12-4-6-14(7-5-12)20-11-13(18)10-17-9-3-8-16-17/h3-9,13,18H,2,10-11H2,1H3/t13-/m0/s1. The molecule has 1 N–H and O–H groups in total. The highest BCUT2D eigenvalue weighted by molar-refractivity contribution is 5.95. The molecule has 2 aromatic rings. The molecule has 0 aliphatic carbocycles. The van der Waals surface area contributed by atoms with Crippen LogP contribution in [-0.4, -0.2) is 33.4 Å². The Morgan fingerprint density at radius 1 is 1.40 bits per heavy atom. The molecule has 0 saturated heterocycles. The molecule has 0 amide bonds. The van der Waals surface area contributed by atoms with Gasteiger partial charge in [-0.3, -0.25) is 9.48 Å². The maximum absolute atomic E-state index is 11.5. The number of ether oxygens (including phenoxy) is 1. The van der Waals surface area contributed by atoms with Gasteiger partial charge in [0, 0.05) is 24.4 Å². The van der Waals surface area contributed by atoms with Crippen LogP contribution in [-0.2, 0) is 6.54 Å². The lowest BCUT2D eigenvalue weighted by Gasteiger charge is -2.12. The SMILES string of the molecule is CCC(=O)c1ccc(OC[C@@H](O)Cn2cccn2)cc1. The van der Waals surface area contributed by atoms with E-state index in [9.17, 15) is 9.90 Å². The molecule has 0 bridgehead atoms. The topological polar surface area (TPSA) is 64.3 Å². The minimum atomic E-state index is -0.633. The maximum Gasteiger partial charge on any atom is 0.162 e. The minimum absolute atomic E-state index is 0.107. The van der Waals surface area contributed by atoms with Gasteiger partial charge >= 0.3 is 0 Å². The minimum Gasteiger partial charge on any atom is -0.491 e. The van der Waals surface area contributed by atoms with Crippen molar-refractivity contribution in [3.8, 4) is 5.75 Å². The zero-order valence-electron chi connectivity index (χ0n) is 11.4. The van der Waals surface area contributed by atoms with Crippen LogP contribution in [0.1, 0.15) is 23.7 Å². The van der Waals surface area contributed by atoms with Crippen LogP contribution in [0.15, 0.2) is 42.7 Å². The van der Waals surface area contributed by atoms with E-state index in [0.29, 0.717) is 24.3 Å². The predicted molar refractivity (Wildman–Crippen MR) is 74.8 cm³/mol. The van der Waals surface area contributed by atoms with E-state index in [1.165, 1.54) is 0 Å². The zero-order valence-corrected chi connectivity index (χ0v) is 11.4. The van der Waals surface area contributed by atoms with Crippen LogP contribution in [0.3, 0.4) is 0 Å². The summed E-state index contributed by atoms with van der Waals surface area (Å²) in [5.74, 6) is 0.743. The van der Waals surface area contributed by atoms with Crippen LogP contribution in [0.5, 0.6) is 5.75 Å². The largest absolute Gasteiger partial charge is 0.491 e. The van der Waals surface area contributed by atoms with Crippen molar-refractivity contribution < 1.29 is 14.6 Å². The van der Waals surface area contributed by atoms with Crippen molar-refractivity contribution in [3.63, 3.8) is 0 Å². The predicted octanol–water partition coefficient (Wildman–Crippen LogP) is 1.92. The van der Waals surface area contributed by atoms with Crippen molar-refractivity contribution in [2.24, 2.45) is 0 Å². The highest BCUT2D eigenvalue weighted by Gasteiger charge is 2.07. The van der Waals surface area contributed by atoms with Gasteiger partial charge in [0.1, 0.15) is 18.5 Å². The van der Waals surface area contributed by atoms with E-state index in [1.54, 1.807) is 47.4 Å². The van der Waals surface area contributed by atoms with E-state index < -0.39 is 6.10 Å². The molecule has 1 atom stereocenters. The molecule has 2 rings (SSSR count). The van der Waals surface area contributed by atoms with E-state index in [2.05, 4.69) is 5.10 Å². The summed E-state index contributed by atoms with van der Waals surface area (Å²) in [5.41, 5.74) is 0.678. The number of hydrogen-bond acceptors (Lipinski definition) is 4. The molecule has 1 aromatic carbocycles. The number of aliphatic hydroxyl groups is 1. The Morgan fingerprint density at radius 3 is 2.75 bits per heavy atom. The zero-order chi connectivity index (χ0) is 14.4. The van der Waals surface area contributed by atoms with Crippen LogP contribution in [0, 0.1) is 0 Å². The van der Waals surface area contributed by atoms with Crippen molar-refractivity contribution in [2.45, 2.75) is 26.0 Å². The molecule has 5 nitrogen and oxygen atoms in total. The van der Waals surface area contributed by atoms with E-state index >= 15 is 0 Å². The van der Waals surface area contributed by atoms with Gasteiger partial charge in [-0.05, 0) is 30.3 Å². The molecule has 0 radical (unpaired) electrons. The van der Waals surface area contributed by atoms with E-state index in [-0.39, 0.29) is 12.4 Å². The van der Waals surface area contributed by atoms with Crippen molar-refractivity contribution >= 4 is 5.78 Å². The lowest BCUT2D eigenvalue weighted by atomic mass is 10.1. The molecule has 0 aliphatic heterocycles. The molecule has 5 heteroatoms. The molecule has 1 aromatic heterocycles. The number of carbonyl (C=O) groups is 1. The van der Waals surface area contributed by atoms with Gasteiger partial charge in [0.05, 0.1) is 6.54 Å². The van der Waals surface area contributed by atoms with Crippen molar-refractivity contribution in [3.05, 3.63) is 48.3 Å². The summed E-state index contributed by atoms with van der Waals surface area (Å²) in [6.07, 6.45) is 3.31. The number of carbonyl (C=O) groups excluding carboxylic acids is 1. The monoisotopic (exact) mass is 274 g/mol. The van der Waals surface area contributed by atoms with E-state index in [0.717, 1.165) is 0 Å². The summed E-state index contributed by atoms with van der Waals surface area (Å²) in [4.78, 5) is 11.5. The second-order valence-electron chi connectivity index (χ2n) is 4.49. The van der Waals surface area contributed by atoms with E-state index in [1.807, 2.05) is 6.92 Å². The third kappa shape index (κ3) is 3.93. The van der Waals surface area contributed by atoms with Gasteiger partial charge < -0.3 is 9.84 Å². The maximum atomic E-state index is 11.5. The van der Waals surface area contributed by atoms with Crippen LogP contribution in [0.25, 0.3) is 0 Å². The fourth-order valence-corrected chi connectivity index (χ4v) is 1.81. The molecule has 0 unspecified atom stereocenters. The summed E-state index contributed by atoms with van der Waals surface area (Å²) in [6, 6.07) is 8.76. The quantitative estimate of drug-likeness (QED) is 0.783. The number of hydrogen-bond donors (Lipinski definition) is 1. The molecule has 0 spiro atoms. The lowest BCUT2D eigenvalue weighted by Crippen LogP contribution is -2.23. The number of nitrogens with zero attached hydrogens (tertiary/aromatic N) is 2. The first-order valence-corrected chi connectivity index (χ1v) is 6.60.